The number of nitrogens with one attached hydrogen (secondary N) is 3. The van der Waals surface area contributed by atoms with Crippen LogP contribution >= 0.6 is 34.7 Å². The summed E-state index contributed by atoms with van der Waals surface area (Å²) in [7, 11) is 0. The first-order valence-electron chi connectivity index (χ1n) is 10.7. The molecule has 3 N–H and O–H groups in total. The molecule has 2 aliphatic heterocycles. The Morgan fingerprint density at radius 2 is 2.22 bits per heavy atom. The van der Waals surface area contributed by atoms with Gasteiger partial charge in [0.05, 0.1) is 11.9 Å². The number of aromatic nitrogens is 3. The number of hydrogen-bond acceptors (Lipinski definition) is 8. The number of hydrazine groups is 1. The number of amides is 1. The average molecular weight is 488 g/mol. The van der Waals surface area contributed by atoms with Crippen LogP contribution in [-0.2, 0) is 17.6 Å². The Morgan fingerprint density at radius 3 is 3.09 bits per heavy atom. The number of halogens is 1. The number of aryl methyl sites for hydroxylation is 1. The second-order valence-corrected chi connectivity index (χ2v) is 10.6. The molecule has 11 heteroatoms. The predicted molar refractivity (Wildman–Crippen MR) is 128 cm³/mol. The van der Waals surface area contributed by atoms with Crippen LogP contribution in [-0.4, -0.2) is 32.6 Å². The van der Waals surface area contributed by atoms with Gasteiger partial charge in [0.1, 0.15) is 11.2 Å². The number of anilines is 2. The van der Waals surface area contributed by atoms with E-state index in [0.717, 1.165) is 23.9 Å². The lowest BCUT2D eigenvalue weighted by Crippen LogP contribution is -2.40. The number of carbonyl (C=O) groups excluding carboxylic acids is 1. The van der Waals surface area contributed by atoms with E-state index in [2.05, 4.69) is 42.8 Å². The third kappa shape index (κ3) is 3.41. The van der Waals surface area contributed by atoms with E-state index in [1.807, 2.05) is 23.5 Å². The van der Waals surface area contributed by atoms with E-state index in [4.69, 9.17) is 11.6 Å². The molecule has 4 heterocycles. The normalized spacial score (nSPS) is 21.0. The molecule has 3 aromatic rings. The Morgan fingerprint density at radius 1 is 1.34 bits per heavy atom. The highest BCUT2D eigenvalue weighted by Gasteiger charge is 2.43. The van der Waals surface area contributed by atoms with Crippen LogP contribution in [0.2, 0.25) is 5.02 Å². The second-order valence-electron chi connectivity index (χ2n) is 8.18. The van der Waals surface area contributed by atoms with E-state index in [9.17, 15) is 4.79 Å². The van der Waals surface area contributed by atoms with E-state index in [-0.39, 0.29) is 24.0 Å². The summed E-state index contributed by atoms with van der Waals surface area (Å²) in [4.78, 5) is 14.0. The Kier molecular flexibility index (Phi) is 5.14. The van der Waals surface area contributed by atoms with Gasteiger partial charge in [0.15, 0.2) is 5.16 Å². The van der Waals surface area contributed by atoms with Gasteiger partial charge in [0, 0.05) is 21.2 Å². The summed E-state index contributed by atoms with van der Waals surface area (Å²) < 4.78 is 2.11. The lowest BCUT2D eigenvalue weighted by atomic mass is 9.94. The van der Waals surface area contributed by atoms with E-state index in [1.165, 1.54) is 45.6 Å². The fourth-order valence-corrected chi connectivity index (χ4v) is 7.02. The molecule has 2 aromatic heterocycles. The standard InChI is InChI=1S/C21H22ClN7OS2/c1-11-23-18-17-14-7-2-3-8-15(14)32-19(17)28-20(29(18)27-11)25-26-21(28)31-10-16(30)24-13-6-4-5-12(22)9-13/h4-6,9,11,18,23,27H,2-3,7-8,10H2,1H3,(H,24,30). The fraction of sp³-hybridized carbons (Fsp3) is 0.381. The molecule has 1 fully saturated rings. The van der Waals surface area contributed by atoms with Gasteiger partial charge in [-0.15, -0.1) is 21.5 Å². The van der Waals surface area contributed by atoms with Crippen LogP contribution in [0.15, 0.2) is 29.4 Å². The van der Waals surface area contributed by atoms with Crippen LogP contribution in [0.5, 0.6) is 0 Å². The molecular weight excluding hydrogens is 466 g/mol. The summed E-state index contributed by atoms with van der Waals surface area (Å²) >= 11 is 9.26. The van der Waals surface area contributed by atoms with E-state index in [0.29, 0.717) is 10.7 Å². The first-order valence-corrected chi connectivity index (χ1v) is 12.9. The number of thioether (sulfide) groups is 1. The monoisotopic (exact) mass is 487 g/mol. The molecule has 2 unspecified atom stereocenters. The number of carbonyl (C=O) groups is 1. The molecule has 166 valence electrons. The van der Waals surface area contributed by atoms with Crippen molar-refractivity contribution >= 4 is 52.2 Å². The molecule has 6 rings (SSSR count). The molecule has 0 spiro atoms. The Balaban J connectivity index is 1.30. The van der Waals surface area contributed by atoms with Crippen molar-refractivity contribution in [2.45, 2.75) is 50.1 Å². The predicted octanol–water partition coefficient (Wildman–Crippen LogP) is 3.86. The highest BCUT2D eigenvalue weighted by Crippen LogP contribution is 2.48. The molecule has 0 saturated carbocycles. The van der Waals surface area contributed by atoms with Gasteiger partial charge >= 0.3 is 0 Å². The summed E-state index contributed by atoms with van der Waals surface area (Å²) in [6, 6.07) is 7.15. The van der Waals surface area contributed by atoms with Crippen LogP contribution < -0.4 is 21.1 Å². The van der Waals surface area contributed by atoms with Crippen molar-refractivity contribution in [3.05, 3.63) is 45.3 Å². The zero-order chi connectivity index (χ0) is 21.8. The summed E-state index contributed by atoms with van der Waals surface area (Å²) in [5.74, 6) is 0.885. The van der Waals surface area contributed by atoms with Crippen molar-refractivity contribution in [1.82, 2.24) is 25.5 Å². The molecule has 1 amide bonds. The van der Waals surface area contributed by atoms with Crippen molar-refractivity contribution in [2.24, 2.45) is 0 Å². The molecule has 1 aromatic carbocycles. The highest BCUT2D eigenvalue weighted by molar-refractivity contribution is 7.99. The van der Waals surface area contributed by atoms with Crippen molar-refractivity contribution in [1.29, 1.82) is 0 Å². The minimum atomic E-state index is -0.108. The Hall–Kier alpha value is -2.11. The van der Waals surface area contributed by atoms with Crippen LogP contribution in [0.3, 0.4) is 0 Å². The van der Waals surface area contributed by atoms with E-state index >= 15 is 0 Å². The molecule has 0 radical (unpaired) electrons. The van der Waals surface area contributed by atoms with E-state index in [1.54, 1.807) is 12.1 Å². The quantitative estimate of drug-likeness (QED) is 0.481. The van der Waals surface area contributed by atoms with Crippen molar-refractivity contribution < 1.29 is 4.79 Å². The summed E-state index contributed by atoms with van der Waals surface area (Å²) in [6.45, 7) is 2.10. The molecule has 3 aliphatic rings. The van der Waals surface area contributed by atoms with Gasteiger partial charge < -0.3 is 5.32 Å². The van der Waals surface area contributed by atoms with Gasteiger partial charge in [-0.1, -0.05) is 29.4 Å². The molecular formula is C21H22ClN7OS2. The second kappa shape index (κ2) is 8.03. The van der Waals surface area contributed by atoms with Crippen LogP contribution in [0, 0.1) is 0 Å². The third-order valence-electron chi connectivity index (χ3n) is 5.94. The molecule has 1 aliphatic carbocycles. The van der Waals surface area contributed by atoms with Gasteiger partial charge in [-0.05, 0) is 56.4 Å². The van der Waals surface area contributed by atoms with E-state index < -0.39 is 0 Å². The summed E-state index contributed by atoms with van der Waals surface area (Å²) in [5, 5.41) is 20.0. The maximum Gasteiger partial charge on any atom is 0.249 e. The maximum atomic E-state index is 12.6. The minimum Gasteiger partial charge on any atom is -0.325 e. The Labute approximate surface area is 198 Å². The number of rotatable bonds is 4. The number of benzene rings is 1. The highest BCUT2D eigenvalue weighted by atomic mass is 35.5. The van der Waals surface area contributed by atoms with Gasteiger partial charge in [-0.25, -0.2) is 9.99 Å². The maximum absolute atomic E-state index is 12.6. The lowest BCUT2D eigenvalue weighted by molar-refractivity contribution is -0.113. The largest absolute Gasteiger partial charge is 0.325 e. The lowest BCUT2D eigenvalue weighted by Gasteiger charge is -2.31. The summed E-state index contributed by atoms with van der Waals surface area (Å²) in [6.07, 6.45) is 4.90. The van der Waals surface area contributed by atoms with Crippen LogP contribution in [0.1, 0.15) is 41.9 Å². The van der Waals surface area contributed by atoms with Crippen LogP contribution in [0.4, 0.5) is 11.6 Å². The zero-order valence-electron chi connectivity index (χ0n) is 17.4. The SMILES string of the molecule is CC1NC2c3c(sc4c3CCCC4)-n3c(SCC(=O)Nc4cccc(Cl)c4)nnc3N2N1. The minimum absolute atomic E-state index is 0.0544. The third-order valence-corrected chi connectivity index (χ3v) is 8.40. The molecule has 32 heavy (non-hydrogen) atoms. The topological polar surface area (TPSA) is 87.1 Å². The van der Waals surface area contributed by atoms with Crippen LogP contribution in [0.25, 0.3) is 5.00 Å². The molecule has 0 bridgehead atoms. The number of fused-ring (bicyclic) bond motifs is 8. The first-order chi connectivity index (χ1) is 15.6. The molecule has 8 nitrogen and oxygen atoms in total. The smallest absolute Gasteiger partial charge is 0.249 e. The van der Waals surface area contributed by atoms with Gasteiger partial charge in [0.25, 0.3) is 0 Å². The average Bonchev–Trinajstić information content (AvgIpc) is 3.46. The van der Waals surface area contributed by atoms with Crippen molar-refractivity contribution in [3.63, 3.8) is 0 Å². The zero-order valence-corrected chi connectivity index (χ0v) is 19.8. The molecule has 2 atom stereocenters. The number of hydrogen-bond donors (Lipinski definition) is 3. The number of thiophene rings is 1. The van der Waals surface area contributed by atoms with Gasteiger partial charge in [-0.2, -0.15) is 0 Å². The van der Waals surface area contributed by atoms with Crippen molar-refractivity contribution in [3.8, 4) is 5.00 Å². The fourth-order valence-electron chi connectivity index (χ4n) is 4.62. The molecule has 1 saturated heterocycles. The number of nitrogens with zero attached hydrogens (tertiary/aromatic N) is 4. The van der Waals surface area contributed by atoms with Crippen molar-refractivity contribution in [2.75, 3.05) is 16.1 Å². The van der Waals surface area contributed by atoms with Gasteiger partial charge in [0.2, 0.25) is 11.9 Å². The van der Waals surface area contributed by atoms with Gasteiger partial charge in [-0.3, -0.25) is 15.1 Å². The Bertz CT molecular complexity index is 1210. The first kappa shape index (κ1) is 20.5. The summed E-state index contributed by atoms with van der Waals surface area (Å²) in [5.41, 5.74) is 6.96.